The quantitative estimate of drug-likeness (QED) is 0.180. The van der Waals surface area contributed by atoms with Crippen molar-refractivity contribution in [2.24, 2.45) is 0 Å². The maximum atomic E-state index is 15.9. The third-order valence-corrected chi connectivity index (χ3v) is 10.2. The van der Waals surface area contributed by atoms with Crippen LogP contribution in [0.4, 0.5) is 41.3 Å². The lowest BCUT2D eigenvalue weighted by molar-refractivity contribution is -0.143. The van der Waals surface area contributed by atoms with Crippen LogP contribution >= 0.6 is 0 Å². The van der Waals surface area contributed by atoms with Crippen molar-refractivity contribution in [1.29, 1.82) is 0 Å². The van der Waals surface area contributed by atoms with Gasteiger partial charge in [0.05, 0.1) is 41.6 Å². The van der Waals surface area contributed by atoms with Crippen molar-refractivity contribution < 1.29 is 54.9 Å². The average Bonchev–Trinajstić information content (AvgIpc) is 3.80. The highest BCUT2D eigenvalue weighted by atomic mass is 19.4. The van der Waals surface area contributed by atoms with Gasteiger partial charge >= 0.3 is 24.4 Å². The van der Waals surface area contributed by atoms with E-state index in [1.165, 1.54) is 30.2 Å². The van der Waals surface area contributed by atoms with Gasteiger partial charge in [0, 0.05) is 24.2 Å². The van der Waals surface area contributed by atoms with Crippen molar-refractivity contribution in [3.63, 3.8) is 0 Å². The van der Waals surface area contributed by atoms with E-state index in [-0.39, 0.29) is 48.0 Å². The third kappa shape index (κ3) is 6.39. The van der Waals surface area contributed by atoms with E-state index in [0.717, 1.165) is 6.42 Å². The number of carbonyl (C=O) groups excluding carboxylic acids is 1. The van der Waals surface area contributed by atoms with E-state index in [9.17, 15) is 41.0 Å². The summed E-state index contributed by atoms with van der Waals surface area (Å²) in [6, 6.07) is 10.4. The third-order valence-electron chi connectivity index (χ3n) is 10.2. The number of alkyl halides is 6. The first-order valence-electron chi connectivity index (χ1n) is 16.7. The van der Waals surface area contributed by atoms with Gasteiger partial charge in [-0.25, -0.2) is 19.0 Å². The van der Waals surface area contributed by atoms with Gasteiger partial charge in [-0.15, -0.1) is 0 Å². The van der Waals surface area contributed by atoms with Crippen molar-refractivity contribution in [2.45, 2.75) is 63.7 Å². The Labute approximate surface area is 298 Å². The maximum Gasteiger partial charge on any atom is 0.416 e. The van der Waals surface area contributed by atoms with Crippen molar-refractivity contribution in [2.75, 3.05) is 25.1 Å². The number of carbonyl (C=O) groups is 2. The molecular weight excluding hydrogens is 711 g/mol. The van der Waals surface area contributed by atoms with E-state index in [4.69, 9.17) is 14.5 Å². The fraction of sp³-hybridized carbons (Fsp3) is 0.342. The highest BCUT2D eigenvalue weighted by Crippen LogP contribution is 2.58. The summed E-state index contributed by atoms with van der Waals surface area (Å²) in [5.74, 6) is -1.42. The number of aromatic carboxylic acids is 1. The van der Waals surface area contributed by atoms with Gasteiger partial charge in [-0.2, -0.15) is 26.3 Å². The second-order valence-electron chi connectivity index (χ2n) is 13.6. The minimum absolute atomic E-state index is 0.0283. The number of carboxylic acid groups (broad SMARTS) is 1. The van der Waals surface area contributed by atoms with Crippen LogP contribution in [0, 0.1) is 19.7 Å². The van der Waals surface area contributed by atoms with Gasteiger partial charge in [0.2, 0.25) is 0 Å². The Bertz CT molecular complexity index is 2130. The first-order chi connectivity index (χ1) is 24.9. The number of methoxy groups -OCH3 is 1. The van der Waals surface area contributed by atoms with Gasteiger partial charge in [0.15, 0.2) is 17.7 Å². The fourth-order valence-corrected chi connectivity index (χ4v) is 7.31. The number of rotatable bonds is 8. The van der Waals surface area contributed by atoms with Crippen LogP contribution in [0.1, 0.15) is 69.2 Å². The number of benzene rings is 3. The number of cyclic esters (lactones) is 1. The topological polar surface area (TPSA) is 92.2 Å². The monoisotopic (exact) mass is 743 g/mol. The maximum absolute atomic E-state index is 15.9. The van der Waals surface area contributed by atoms with Gasteiger partial charge in [-0.3, -0.25) is 4.90 Å². The highest BCUT2D eigenvalue weighted by molar-refractivity contribution is 5.90. The molecule has 278 valence electrons. The van der Waals surface area contributed by atoms with Crippen LogP contribution < -0.4 is 9.64 Å². The summed E-state index contributed by atoms with van der Waals surface area (Å²) in [6.45, 7) is 4.62. The number of halogens is 7. The minimum Gasteiger partial charge on any atom is -0.493 e. The zero-order valence-corrected chi connectivity index (χ0v) is 28.6. The second kappa shape index (κ2) is 12.7. The normalized spacial score (nSPS) is 17.9. The van der Waals surface area contributed by atoms with Crippen LogP contribution in [0.3, 0.4) is 0 Å². The van der Waals surface area contributed by atoms with Gasteiger partial charge < -0.3 is 19.5 Å². The standard InChI is InChI=1S/C38H32F7N3O5/c1-19-11-21(34(49)50)5-6-26(19)22-15-27(32(52-3)28(39)16-22)31-20(2)12-30(47-9-4-10-47)46-29(31)18-48-35(51)53-33(36(48)7-8-36)23-13-24(37(40,41)42)17-25(14-23)38(43,44)45/h5-6,11-17,33H,4,7-10,18H2,1-3H3,(H,49,50)/t33-/m1/s1. The predicted molar refractivity (Wildman–Crippen MR) is 178 cm³/mol. The van der Waals surface area contributed by atoms with E-state index in [0.29, 0.717) is 58.9 Å². The molecule has 3 aromatic carbocycles. The average molecular weight is 744 g/mol. The molecule has 7 rings (SSSR count). The summed E-state index contributed by atoms with van der Waals surface area (Å²) >= 11 is 0. The number of pyridine rings is 1. The molecule has 3 heterocycles. The second-order valence-corrected chi connectivity index (χ2v) is 13.6. The van der Waals surface area contributed by atoms with E-state index < -0.39 is 58.6 Å². The summed E-state index contributed by atoms with van der Waals surface area (Å²) in [5.41, 5.74) is -1.59. The number of amides is 1. The Morgan fingerprint density at radius 3 is 2.13 bits per heavy atom. The summed E-state index contributed by atoms with van der Waals surface area (Å²) in [7, 11) is 1.29. The molecule has 15 heteroatoms. The van der Waals surface area contributed by atoms with Crippen molar-refractivity contribution in [3.05, 3.63) is 99.5 Å². The van der Waals surface area contributed by atoms with Crippen LogP contribution in [0.5, 0.6) is 5.75 Å². The Morgan fingerprint density at radius 2 is 1.60 bits per heavy atom. The number of hydrogen-bond acceptors (Lipinski definition) is 6. The molecule has 4 aromatic rings. The largest absolute Gasteiger partial charge is 0.493 e. The Balaban J connectivity index is 1.35. The van der Waals surface area contributed by atoms with Crippen molar-refractivity contribution >= 4 is 17.9 Å². The summed E-state index contributed by atoms with van der Waals surface area (Å²) in [5, 5.41) is 9.45. The van der Waals surface area contributed by atoms with E-state index in [1.54, 1.807) is 26.0 Å². The zero-order chi connectivity index (χ0) is 38.2. The highest BCUT2D eigenvalue weighted by Gasteiger charge is 2.64. The molecule has 0 unspecified atom stereocenters. The SMILES string of the molecule is COc1c(F)cc(-c2ccc(C(=O)O)cc2C)cc1-c1c(C)cc(N2CCC2)nc1CN1C(=O)O[C@H](c2cc(C(F)(F)F)cc(C(F)(F)F)c2)C12CC2. The van der Waals surface area contributed by atoms with Crippen LogP contribution in [0.2, 0.25) is 0 Å². The van der Waals surface area contributed by atoms with Crippen LogP contribution in [0.25, 0.3) is 22.3 Å². The molecule has 3 aliphatic rings. The Morgan fingerprint density at radius 1 is 0.943 bits per heavy atom. The van der Waals surface area contributed by atoms with Crippen molar-refractivity contribution in [3.8, 4) is 28.0 Å². The molecule has 1 amide bonds. The van der Waals surface area contributed by atoms with Gasteiger partial charge in [0.1, 0.15) is 5.82 Å². The Kier molecular flexibility index (Phi) is 8.61. The van der Waals surface area contributed by atoms with E-state index in [1.807, 2.05) is 11.0 Å². The molecule has 1 atom stereocenters. The molecule has 2 saturated heterocycles. The molecule has 2 aliphatic heterocycles. The molecule has 1 aliphatic carbocycles. The molecule has 0 bridgehead atoms. The molecule has 1 saturated carbocycles. The number of anilines is 1. The number of nitrogens with zero attached hydrogens (tertiary/aromatic N) is 3. The molecule has 1 spiro atoms. The molecule has 1 aromatic heterocycles. The van der Waals surface area contributed by atoms with Crippen molar-refractivity contribution in [1.82, 2.24) is 9.88 Å². The van der Waals surface area contributed by atoms with E-state index >= 15 is 4.39 Å². The van der Waals surface area contributed by atoms with E-state index in [2.05, 4.69) is 0 Å². The minimum atomic E-state index is -5.09. The lowest BCUT2D eigenvalue weighted by Gasteiger charge is -2.33. The lowest BCUT2D eigenvalue weighted by atomic mass is 9.91. The molecular formula is C38H32F7N3O5. The number of ether oxygens (including phenoxy) is 2. The fourth-order valence-electron chi connectivity index (χ4n) is 7.31. The zero-order valence-electron chi connectivity index (χ0n) is 28.6. The Hall–Kier alpha value is -5.34. The summed E-state index contributed by atoms with van der Waals surface area (Å²) in [4.78, 5) is 33.4. The summed E-state index contributed by atoms with van der Waals surface area (Å²) < 4.78 is 110. The molecule has 53 heavy (non-hydrogen) atoms. The van der Waals surface area contributed by atoms with Gasteiger partial charge in [-0.05, 0) is 109 Å². The summed E-state index contributed by atoms with van der Waals surface area (Å²) in [6.07, 6.45) is -11.2. The first-order valence-corrected chi connectivity index (χ1v) is 16.7. The van der Waals surface area contributed by atoms with Gasteiger partial charge in [-0.1, -0.05) is 6.07 Å². The lowest BCUT2D eigenvalue weighted by Crippen LogP contribution is -2.39. The number of carboxylic acids is 1. The van der Waals surface area contributed by atoms with Crippen LogP contribution in [0.15, 0.2) is 54.6 Å². The smallest absolute Gasteiger partial charge is 0.416 e. The molecule has 8 nitrogen and oxygen atoms in total. The predicted octanol–water partition coefficient (Wildman–Crippen LogP) is 9.35. The first kappa shape index (κ1) is 36.0. The molecule has 3 fully saturated rings. The number of aryl methyl sites for hydroxylation is 2. The van der Waals surface area contributed by atoms with Crippen LogP contribution in [-0.2, 0) is 23.6 Å². The van der Waals surface area contributed by atoms with Gasteiger partial charge in [0.25, 0.3) is 0 Å². The number of hydrogen-bond donors (Lipinski definition) is 1. The van der Waals surface area contributed by atoms with Crippen LogP contribution in [-0.4, -0.2) is 52.8 Å². The molecule has 1 N–H and O–H groups in total. The molecule has 0 radical (unpaired) electrons. The number of aromatic nitrogens is 1.